The SMILES string of the molecule is C=C(/C(F)=C1/C(F)=c2c3c(c4c(c2=C1F)=C(F)/C(=C(\F)C(=O)C(F)(F)F)C=4F)=C(F)/C(=C(\F)C(=O)C(F)(F)F)C=3F)C(F)(F)F. The first-order chi connectivity index (χ1) is 20.3. The molecule has 0 saturated heterocycles. The Hall–Kier alpha value is -4.52. The van der Waals surface area contributed by atoms with Gasteiger partial charge in [-0.25, -0.2) is 39.5 Å². The van der Waals surface area contributed by atoms with Crippen LogP contribution in [0.1, 0.15) is 0 Å². The zero-order valence-electron chi connectivity index (χ0n) is 20.3. The number of carbonyl (C=O) groups excluding carboxylic acids is 2. The summed E-state index contributed by atoms with van der Waals surface area (Å²) in [5.41, 5.74) is -10.8. The minimum atomic E-state index is -6.27. The summed E-state index contributed by atoms with van der Waals surface area (Å²) in [6.45, 7) is 2.15. The molecular weight excluding hydrogens is 674 g/mol. The van der Waals surface area contributed by atoms with Crippen molar-refractivity contribution in [3.8, 4) is 0 Å². The lowest BCUT2D eigenvalue weighted by Crippen LogP contribution is -2.64. The van der Waals surface area contributed by atoms with E-state index < -0.39 is 136 Å². The van der Waals surface area contributed by atoms with Gasteiger partial charge in [0.05, 0.1) is 22.3 Å². The summed E-state index contributed by atoms with van der Waals surface area (Å²) in [6.07, 6.45) is -18.4. The van der Waals surface area contributed by atoms with Gasteiger partial charge in [-0.2, -0.15) is 39.5 Å². The monoisotopic (exact) mass is 676 g/mol. The molecule has 240 valence electrons. The van der Waals surface area contributed by atoms with Crippen LogP contribution in [0.4, 0.5) is 79.0 Å². The molecule has 0 bridgehead atoms. The number of Topliss-reactive ketones (excluding diaryl/α,β-unsaturated/α-hetero) is 2. The van der Waals surface area contributed by atoms with Crippen molar-refractivity contribution >= 4 is 46.5 Å². The Kier molecular flexibility index (Phi) is 7.41. The quantitative estimate of drug-likeness (QED) is 0.355. The molecule has 1 aromatic rings. The molecule has 1 aromatic carbocycles. The van der Waals surface area contributed by atoms with Crippen LogP contribution in [-0.4, -0.2) is 30.1 Å². The van der Waals surface area contributed by atoms with Gasteiger partial charge in [-0.05, 0) is 0 Å². The first kappa shape index (κ1) is 33.4. The summed E-state index contributed by atoms with van der Waals surface area (Å²) in [5, 5.41) is -13.3. The Morgan fingerprint density at radius 2 is 0.600 bits per heavy atom. The predicted molar refractivity (Wildman–Crippen MR) is 113 cm³/mol. The van der Waals surface area contributed by atoms with E-state index in [-0.39, 0.29) is 0 Å². The van der Waals surface area contributed by atoms with Crippen LogP contribution < -0.4 is 31.3 Å². The number of hydrogen-bond donors (Lipinski definition) is 0. The topological polar surface area (TPSA) is 34.1 Å². The molecule has 0 saturated carbocycles. The number of allylic oxidation sites excluding steroid dienone is 7. The number of ketones is 2. The van der Waals surface area contributed by atoms with Crippen LogP contribution in [0.2, 0.25) is 0 Å². The molecule has 0 aromatic heterocycles. The van der Waals surface area contributed by atoms with Crippen LogP contribution in [0.3, 0.4) is 0 Å². The van der Waals surface area contributed by atoms with Crippen LogP contribution >= 0.6 is 0 Å². The van der Waals surface area contributed by atoms with E-state index in [2.05, 4.69) is 6.58 Å². The van der Waals surface area contributed by atoms with Gasteiger partial charge in [-0.1, -0.05) is 6.58 Å². The molecule has 0 amide bonds. The Morgan fingerprint density at radius 1 is 0.400 bits per heavy atom. The van der Waals surface area contributed by atoms with E-state index in [1.165, 1.54) is 0 Å². The fourth-order valence-corrected chi connectivity index (χ4v) is 4.44. The second-order valence-electron chi connectivity index (χ2n) is 8.83. The second kappa shape index (κ2) is 9.99. The molecule has 0 radical (unpaired) electrons. The van der Waals surface area contributed by atoms with Gasteiger partial charge >= 0.3 is 18.5 Å². The minimum Gasteiger partial charge on any atom is -0.281 e. The Bertz CT molecular complexity index is 1800. The molecular formula is C25H2F18O2. The lowest BCUT2D eigenvalue weighted by molar-refractivity contribution is -0.168. The maximum absolute atomic E-state index is 15.5. The van der Waals surface area contributed by atoms with E-state index >= 15 is 26.3 Å². The molecule has 0 spiro atoms. The summed E-state index contributed by atoms with van der Waals surface area (Å²) in [5.74, 6) is -34.4. The van der Waals surface area contributed by atoms with Crippen molar-refractivity contribution in [1.82, 2.24) is 0 Å². The van der Waals surface area contributed by atoms with E-state index in [0.717, 1.165) is 0 Å². The molecule has 0 unspecified atom stereocenters. The summed E-state index contributed by atoms with van der Waals surface area (Å²) in [6, 6.07) is 0. The van der Waals surface area contributed by atoms with E-state index in [1.54, 1.807) is 0 Å². The van der Waals surface area contributed by atoms with E-state index in [4.69, 9.17) is 0 Å². The van der Waals surface area contributed by atoms with E-state index in [0.29, 0.717) is 0 Å². The predicted octanol–water partition coefficient (Wildman–Crippen LogP) is 4.25. The molecule has 3 aliphatic carbocycles. The molecule has 0 N–H and O–H groups in total. The highest BCUT2D eigenvalue weighted by Crippen LogP contribution is 2.39. The number of alkyl halides is 9. The maximum Gasteiger partial charge on any atom is 0.457 e. The standard InChI is InChI=1S/C25H2F18O2/c1-2(23(35,36)37)12(26)9-13(27)3-4(14(9)28)6-8(18(32)11(16(6)30)20(34)22(45)25(41,42)43)7-5(3)15(29)10(17(7)31)19(33)21(44)24(38,39)40/h1H2/b12-9-,19-10+,20-11-. The van der Waals surface area contributed by atoms with Gasteiger partial charge in [-0.3, -0.25) is 9.59 Å². The highest BCUT2D eigenvalue weighted by Gasteiger charge is 2.47. The summed E-state index contributed by atoms with van der Waals surface area (Å²) in [7, 11) is 0. The van der Waals surface area contributed by atoms with Crippen LogP contribution in [0.15, 0.2) is 46.4 Å². The zero-order chi connectivity index (χ0) is 34.6. The average Bonchev–Trinajstić information content (AvgIpc) is 3.43. The number of benzene rings is 1. The zero-order valence-corrected chi connectivity index (χ0v) is 20.3. The number of hydrogen-bond acceptors (Lipinski definition) is 2. The lowest BCUT2D eigenvalue weighted by atomic mass is 10.1. The van der Waals surface area contributed by atoms with Gasteiger partial charge in [0.15, 0.2) is 11.7 Å². The number of rotatable bonds is 3. The molecule has 0 fully saturated rings. The van der Waals surface area contributed by atoms with Gasteiger partial charge in [0.1, 0.15) is 40.8 Å². The largest absolute Gasteiger partial charge is 0.457 e. The Labute approximate surface area is 232 Å². The van der Waals surface area contributed by atoms with Crippen molar-refractivity contribution in [2.45, 2.75) is 18.5 Å². The van der Waals surface area contributed by atoms with Crippen molar-refractivity contribution in [3.63, 3.8) is 0 Å². The van der Waals surface area contributed by atoms with Crippen LogP contribution in [0.5, 0.6) is 0 Å². The van der Waals surface area contributed by atoms with Gasteiger partial charge in [0.2, 0.25) is 0 Å². The smallest absolute Gasteiger partial charge is 0.281 e. The fraction of sp³-hybridized carbons (Fsp3) is 0.120. The third-order valence-corrected chi connectivity index (χ3v) is 6.31. The average molecular weight is 676 g/mol. The van der Waals surface area contributed by atoms with Crippen LogP contribution in [0.25, 0.3) is 35.0 Å². The van der Waals surface area contributed by atoms with Crippen molar-refractivity contribution in [1.29, 1.82) is 0 Å². The van der Waals surface area contributed by atoms with Gasteiger partial charge in [0.25, 0.3) is 11.6 Å². The fourth-order valence-electron chi connectivity index (χ4n) is 4.44. The first-order valence-corrected chi connectivity index (χ1v) is 10.9. The van der Waals surface area contributed by atoms with Gasteiger partial charge in [0, 0.05) is 31.3 Å². The first-order valence-electron chi connectivity index (χ1n) is 10.9. The molecule has 4 rings (SSSR count). The molecule has 0 aliphatic heterocycles. The lowest BCUT2D eigenvalue weighted by Gasteiger charge is -2.09. The summed E-state index contributed by atoms with van der Waals surface area (Å²) < 4.78 is 252. The second-order valence-corrected chi connectivity index (χ2v) is 8.83. The molecule has 3 aliphatic rings. The number of carbonyl (C=O) groups is 2. The minimum absolute atomic E-state index is 2.15. The third-order valence-electron chi connectivity index (χ3n) is 6.31. The van der Waals surface area contributed by atoms with E-state index in [9.17, 15) is 62.3 Å². The molecule has 0 heterocycles. The van der Waals surface area contributed by atoms with Crippen molar-refractivity contribution in [2.24, 2.45) is 0 Å². The van der Waals surface area contributed by atoms with Crippen molar-refractivity contribution in [2.75, 3.05) is 0 Å². The number of fused-ring (bicyclic) bond motifs is 6. The molecule has 45 heavy (non-hydrogen) atoms. The van der Waals surface area contributed by atoms with Crippen LogP contribution in [-0.2, 0) is 9.59 Å². The van der Waals surface area contributed by atoms with Gasteiger partial charge < -0.3 is 0 Å². The van der Waals surface area contributed by atoms with Crippen molar-refractivity contribution < 1.29 is 88.6 Å². The summed E-state index contributed by atoms with van der Waals surface area (Å²) >= 11 is 0. The van der Waals surface area contributed by atoms with Crippen LogP contribution in [0, 0.1) is 0 Å². The summed E-state index contributed by atoms with van der Waals surface area (Å²) in [4.78, 5) is 22.7. The Balaban J connectivity index is 2.49. The normalized spacial score (nSPS) is 20.1. The van der Waals surface area contributed by atoms with Gasteiger partial charge in [-0.15, -0.1) is 0 Å². The highest BCUT2D eigenvalue weighted by molar-refractivity contribution is 6.06. The van der Waals surface area contributed by atoms with Crippen molar-refractivity contribution in [3.05, 3.63) is 77.7 Å². The Morgan fingerprint density at radius 3 is 0.778 bits per heavy atom. The third kappa shape index (κ3) is 4.63. The molecule has 20 heteroatoms. The highest BCUT2D eigenvalue weighted by atomic mass is 19.4. The molecule has 0 atom stereocenters. The number of halogens is 18. The van der Waals surface area contributed by atoms with E-state index in [1.807, 2.05) is 0 Å². The maximum atomic E-state index is 15.5. The molecule has 2 nitrogen and oxygen atoms in total.